The molecule has 218 valence electrons. The molecule has 0 unspecified atom stereocenters. The molecule has 6 rings (SSSR count). The summed E-state index contributed by atoms with van der Waals surface area (Å²) in [6.45, 7) is 4.26. The molecule has 4 heterocycles. The van der Waals surface area contributed by atoms with Crippen molar-refractivity contribution < 1.29 is 19.1 Å². The second-order valence-electron chi connectivity index (χ2n) is 11.3. The van der Waals surface area contributed by atoms with Crippen molar-refractivity contribution in [2.24, 2.45) is 5.41 Å². The lowest BCUT2D eigenvalue weighted by Gasteiger charge is -2.44. The number of anilines is 2. The number of amides is 2. The first-order chi connectivity index (χ1) is 20.2. The lowest BCUT2D eigenvalue weighted by molar-refractivity contribution is -0.143. The number of likely N-dealkylation sites (tertiary alicyclic amines) is 1. The number of halogens is 1. The van der Waals surface area contributed by atoms with Gasteiger partial charge in [-0.25, -0.2) is 15.0 Å². The van der Waals surface area contributed by atoms with Gasteiger partial charge in [0.2, 0.25) is 11.8 Å². The van der Waals surface area contributed by atoms with Crippen LogP contribution >= 0.6 is 15.9 Å². The molecule has 0 bridgehead atoms. The summed E-state index contributed by atoms with van der Waals surface area (Å²) < 4.78 is 7.53. The minimum atomic E-state index is -0.613. The summed E-state index contributed by atoms with van der Waals surface area (Å²) in [5.74, 6) is 0.0823. The number of ether oxygens (including phenoxy) is 1. The van der Waals surface area contributed by atoms with Crippen LogP contribution < -0.4 is 11.1 Å². The van der Waals surface area contributed by atoms with Crippen molar-refractivity contribution in [2.75, 3.05) is 17.7 Å². The van der Waals surface area contributed by atoms with Crippen LogP contribution in [0.15, 0.2) is 47.3 Å². The number of nitrogens with two attached hydrogens (primary N) is 1. The van der Waals surface area contributed by atoms with Crippen molar-refractivity contribution in [3.8, 4) is 0 Å². The van der Waals surface area contributed by atoms with E-state index in [2.05, 4.69) is 43.1 Å². The van der Waals surface area contributed by atoms with Crippen LogP contribution in [-0.4, -0.2) is 60.9 Å². The van der Waals surface area contributed by atoms with Gasteiger partial charge in [0.15, 0.2) is 0 Å². The fourth-order valence-corrected chi connectivity index (χ4v) is 6.83. The molecule has 1 aromatic carbocycles. The van der Waals surface area contributed by atoms with Gasteiger partial charge in [-0.15, -0.1) is 0 Å². The zero-order chi connectivity index (χ0) is 29.6. The number of fused-ring (bicyclic) bond motifs is 4. The number of benzene rings is 1. The molecule has 2 fully saturated rings. The molecule has 1 aliphatic carbocycles. The van der Waals surface area contributed by atoms with Gasteiger partial charge in [-0.3, -0.25) is 14.4 Å². The summed E-state index contributed by atoms with van der Waals surface area (Å²) in [4.78, 5) is 54.4. The number of esters is 1. The number of hydrogen-bond acceptors (Lipinski definition) is 8. The zero-order valence-electron chi connectivity index (χ0n) is 23.5. The molecular weight excluding hydrogens is 602 g/mol. The van der Waals surface area contributed by atoms with Gasteiger partial charge in [0, 0.05) is 17.8 Å². The van der Waals surface area contributed by atoms with E-state index in [-0.39, 0.29) is 42.2 Å². The fraction of sp³-hybridized carbons (Fsp3) is 0.400. The highest BCUT2D eigenvalue weighted by Gasteiger charge is 2.58. The standard InChI is InChI=1S/C30H32BrN7O4/c1-3-42-25(40)10-8-17-7-9-19-18(13-17)26-27(32)33-16-34-28(26)37(19)15-24(39)38-20(14-30(2)12-11-21(30)38)29(41)36-23-6-4-5-22(31)35-23/h4-7,9,13,16,20-21H,3,8,10-12,14-15H2,1-2H3,(H2,32,33,34)(H,35,36,41)/t20-,21+,30+/m0/s1. The average molecular weight is 635 g/mol. The van der Waals surface area contributed by atoms with Crippen LogP contribution in [-0.2, 0) is 32.1 Å². The molecule has 3 N–H and O–H groups in total. The van der Waals surface area contributed by atoms with E-state index in [9.17, 15) is 14.4 Å². The molecule has 1 saturated heterocycles. The molecule has 42 heavy (non-hydrogen) atoms. The molecule has 3 atom stereocenters. The molecule has 0 spiro atoms. The van der Waals surface area contributed by atoms with Crippen LogP contribution in [0.1, 0.15) is 45.1 Å². The monoisotopic (exact) mass is 633 g/mol. The molecule has 4 aromatic rings. The maximum atomic E-state index is 14.1. The fourth-order valence-electron chi connectivity index (χ4n) is 6.49. The Morgan fingerprint density at radius 1 is 1.21 bits per heavy atom. The minimum Gasteiger partial charge on any atom is -0.466 e. The van der Waals surface area contributed by atoms with Crippen molar-refractivity contribution in [2.45, 2.75) is 64.6 Å². The quantitative estimate of drug-likeness (QED) is 0.217. The maximum absolute atomic E-state index is 14.1. The molecule has 0 radical (unpaired) electrons. The van der Waals surface area contributed by atoms with E-state index >= 15 is 0 Å². The zero-order valence-corrected chi connectivity index (χ0v) is 25.1. The number of aryl methyl sites for hydroxylation is 1. The smallest absolute Gasteiger partial charge is 0.306 e. The van der Waals surface area contributed by atoms with Gasteiger partial charge in [0.05, 0.1) is 17.5 Å². The number of nitrogen functional groups attached to an aromatic ring is 1. The highest BCUT2D eigenvalue weighted by molar-refractivity contribution is 9.10. The second kappa shape index (κ2) is 11.0. The van der Waals surface area contributed by atoms with E-state index in [1.165, 1.54) is 6.33 Å². The molecule has 1 saturated carbocycles. The van der Waals surface area contributed by atoms with Crippen LogP contribution in [0.3, 0.4) is 0 Å². The predicted octanol–water partition coefficient (Wildman–Crippen LogP) is 4.23. The first-order valence-corrected chi connectivity index (χ1v) is 14.9. The van der Waals surface area contributed by atoms with Crippen molar-refractivity contribution in [1.82, 2.24) is 24.4 Å². The lowest BCUT2D eigenvalue weighted by Crippen LogP contribution is -2.52. The largest absolute Gasteiger partial charge is 0.466 e. The number of carbonyl (C=O) groups is 3. The van der Waals surface area contributed by atoms with E-state index in [4.69, 9.17) is 10.5 Å². The summed E-state index contributed by atoms with van der Waals surface area (Å²) in [5, 5.41) is 4.37. The Balaban J connectivity index is 1.31. The van der Waals surface area contributed by atoms with Gasteiger partial charge in [-0.2, -0.15) is 0 Å². The van der Waals surface area contributed by atoms with E-state index in [0.717, 1.165) is 29.3 Å². The van der Waals surface area contributed by atoms with Crippen LogP contribution in [0, 0.1) is 5.41 Å². The Labute approximate surface area is 251 Å². The number of pyridine rings is 1. The third-order valence-electron chi connectivity index (χ3n) is 8.63. The van der Waals surface area contributed by atoms with Crippen LogP contribution in [0.25, 0.3) is 21.9 Å². The predicted molar refractivity (Wildman–Crippen MR) is 161 cm³/mol. The maximum Gasteiger partial charge on any atom is 0.306 e. The molecule has 2 aliphatic rings. The number of carbonyl (C=O) groups excluding carboxylic acids is 3. The van der Waals surface area contributed by atoms with Crippen molar-refractivity contribution in [3.05, 3.63) is 52.9 Å². The minimum absolute atomic E-state index is 0.00980. The summed E-state index contributed by atoms with van der Waals surface area (Å²) in [6.07, 6.45) is 4.57. The van der Waals surface area contributed by atoms with Crippen molar-refractivity contribution in [1.29, 1.82) is 0 Å². The first kappa shape index (κ1) is 28.1. The van der Waals surface area contributed by atoms with Gasteiger partial charge < -0.3 is 25.3 Å². The summed E-state index contributed by atoms with van der Waals surface area (Å²) >= 11 is 3.34. The Morgan fingerprint density at radius 3 is 2.79 bits per heavy atom. The molecule has 2 amide bonds. The number of hydrogen-bond donors (Lipinski definition) is 2. The van der Waals surface area contributed by atoms with Crippen LogP contribution in [0.4, 0.5) is 11.6 Å². The topological polar surface area (TPSA) is 145 Å². The number of rotatable bonds is 8. The molecular formula is C30H32BrN7O4. The number of nitrogens with one attached hydrogen (secondary N) is 1. The van der Waals surface area contributed by atoms with Crippen molar-refractivity contribution >= 4 is 67.3 Å². The van der Waals surface area contributed by atoms with Crippen LogP contribution in [0.2, 0.25) is 0 Å². The third-order valence-corrected chi connectivity index (χ3v) is 9.07. The molecule has 11 nitrogen and oxygen atoms in total. The first-order valence-electron chi connectivity index (χ1n) is 14.1. The Kier molecular flexibility index (Phi) is 7.34. The highest BCUT2D eigenvalue weighted by atomic mass is 79.9. The summed E-state index contributed by atoms with van der Waals surface area (Å²) in [6, 6.07) is 10.5. The van der Waals surface area contributed by atoms with Gasteiger partial charge >= 0.3 is 5.97 Å². The number of nitrogens with zero attached hydrogens (tertiary/aromatic N) is 5. The SMILES string of the molecule is CCOC(=O)CCc1ccc2c(c1)c1c(N)ncnc1n2CC(=O)N1[C@H](C(=O)Nc2cccc(Br)n2)C[C@@]2(C)CC[C@@H]12. The highest BCUT2D eigenvalue weighted by Crippen LogP contribution is 2.54. The molecule has 12 heteroatoms. The van der Waals surface area contributed by atoms with E-state index in [0.29, 0.717) is 46.7 Å². The normalized spacial score (nSPS) is 21.3. The Bertz CT molecular complexity index is 1720. The van der Waals surface area contributed by atoms with E-state index in [1.807, 2.05) is 22.8 Å². The Hall–Kier alpha value is -4.06. The van der Waals surface area contributed by atoms with Crippen molar-refractivity contribution in [3.63, 3.8) is 0 Å². The van der Waals surface area contributed by atoms with Crippen LogP contribution in [0.5, 0.6) is 0 Å². The van der Waals surface area contributed by atoms with E-state index < -0.39 is 6.04 Å². The summed E-state index contributed by atoms with van der Waals surface area (Å²) in [5.41, 5.74) is 8.47. The lowest BCUT2D eigenvalue weighted by atomic mass is 9.66. The third kappa shape index (κ3) is 4.97. The summed E-state index contributed by atoms with van der Waals surface area (Å²) in [7, 11) is 0. The second-order valence-corrected chi connectivity index (χ2v) is 12.1. The molecule has 3 aromatic heterocycles. The van der Waals surface area contributed by atoms with Gasteiger partial charge in [0.1, 0.15) is 40.8 Å². The molecule has 1 aliphatic heterocycles. The number of aromatic nitrogens is 4. The van der Waals surface area contributed by atoms with Gasteiger partial charge in [-0.05, 0) is 83.8 Å². The van der Waals surface area contributed by atoms with E-state index in [1.54, 1.807) is 30.0 Å². The Morgan fingerprint density at radius 2 is 2.05 bits per heavy atom. The average Bonchev–Trinajstić information content (AvgIpc) is 3.37. The van der Waals surface area contributed by atoms with Gasteiger partial charge in [0.25, 0.3) is 0 Å². The van der Waals surface area contributed by atoms with Gasteiger partial charge in [-0.1, -0.05) is 19.1 Å².